The Morgan fingerprint density at radius 1 is 1.37 bits per heavy atom. The number of para-hydroxylation sites is 1. The summed E-state index contributed by atoms with van der Waals surface area (Å²) >= 11 is 0. The van der Waals surface area contributed by atoms with Crippen molar-refractivity contribution in [2.75, 3.05) is 5.73 Å². The monoisotopic (exact) mass is 260 g/mol. The number of halogens is 1. The summed E-state index contributed by atoms with van der Waals surface area (Å²) in [4.78, 5) is 4.08. The first-order chi connectivity index (χ1) is 9.09. The third kappa shape index (κ3) is 1.66. The predicted octanol–water partition coefficient (Wildman–Crippen LogP) is 1.50. The van der Waals surface area contributed by atoms with Gasteiger partial charge in [-0.05, 0) is 19.1 Å². The van der Waals surface area contributed by atoms with Gasteiger partial charge in [-0.3, -0.25) is 4.57 Å². The van der Waals surface area contributed by atoms with E-state index in [4.69, 9.17) is 5.73 Å². The minimum Gasteiger partial charge on any atom is -0.369 e. The molecule has 6 nitrogen and oxygen atoms in total. The Morgan fingerprint density at radius 2 is 2.16 bits per heavy atom. The molecule has 98 valence electrons. The van der Waals surface area contributed by atoms with Crippen molar-refractivity contribution in [1.82, 2.24) is 24.3 Å². The lowest BCUT2D eigenvalue weighted by atomic mass is 10.2. The van der Waals surface area contributed by atoms with Crippen molar-refractivity contribution in [3.05, 3.63) is 36.2 Å². The Balaban J connectivity index is 2.23. The van der Waals surface area contributed by atoms with Gasteiger partial charge in [-0.1, -0.05) is 6.07 Å². The van der Waals surface area contributed by atoms with Crippen LogP contribution in [0.25, 0.3) is 11.0 Å². The fraction of sp³-hybridized carbons (Fsp3) is 0.250. The third-order valence-corrected chi connectivity index (χ3v) is 3.21. The second-order valence-electron chi connectivity index (χ2n) is 4.42. The highest BCUT2D eigenvalue weighted by Crippen LogP contribution is 2.27. The molecular formula is C12H13FN6. The lowest BCUT2D eigenvalue weighted by molar-refractivity contribution is 0.593. The maximum Gasteiger partial charge on any atom is 0.202 e. The van der Waals surface area contributed by atoms with Gasteiger partial charge in [0.15, 0.2) is 11.6 Å². The topological polar surface area (TPSA) is 74.5 Å². The van der Waals surface area contributed by atoms with Crippen LogP contribution in [-0.2, 0) is 7.05 Å². The Morgan fingerprint density at radius 3 is 2.84 bits per heavy atom. The summed E-state index contributed by atoms with van der Waals surface area (Å²) in [7, 11) is 1.85. The van der Waals surface area contributed by atoms with Gasteiger partial charge in [0.2, 0.25) is 5.95 Å². The highest BCUT2D eigenvalue weighted by molar-refractivity contribution is 5.79. The number of benzene rings is 1. The van der Waals surface area contributed by atoms with Crippen molar-refractivity contribution in [2.24, 2.45) is 7.05 Å². The van der Waals surface area contributed by atoms with E-state index in [1.54, 1.807) is 27.6 Å². The molecule has 0 aliphatic rings. The normalized spacial score (nSPS) is 13.0. The van der Waals surface area contributed by atoms with Crippen LogP contribution in [-0.4, -0.2) is 24.3 Å². The molecule has 3 rings (SSSR count). The molecule has 0 spiro atoms. The van der Waals surface area contributed by atoms with Crippen LogP contribution >= 0.6 is 0 Å². The van der Waals surface area contributed by atoms with Crippen LogP contribution in [0, 0.1) is 5.82 Å². The van der Waals surface area contributed by atoms with Crippen LogP contribution in [0.1, 0.15) is 18.8 Å². The van der Waals surface area contributed by atoms with Gasteiger partial charge in [0.05, 0.1) is 11.6 Å². The van der Waals surface area contributed by atoms with E-state index in [2.05, 4.69) is 15.2 Å². The van der Waals surface area contributed by atoms with Gasteiger partial charge in [0.1, 0.15) is 11.8 Å². The lowest BCUT2D eigenvalue weighted by Gasteiger charge is -2.14. The van der Waals surface area contributed by atoms with Crippen LogP contribution in [0.4, 0.5) is 10.3 Å². The first kappa shape index (κ1) is 11.6. The van der Waals surface area contributed by atoms with E-state index in [9.17, 15) is 4.39 Å². The molecule has 0 radical (unpaired) electrons. The predicted molar refractivity (Wildman–Crippen MR) is 68.9 cm³/mol. The maximum atomic E-state index is 13.7. The fourth-order valence-corrected chi connectivity index (χ4v) is 2.29. The molecule has 1 unspecified atom stereocenters. The smallest absolute Gasteiger partial charge is 0.202 e. The van der Waals surface area contributed by atoms with Gasteiger partial charge in [0, 0.05) is 7.05 Å². The molecule has 1 aromatic carbocycles. The molecule has 0 saturated carbocycles. The second-order valence-corrected chi connectivity index (χ2v) is 4.42. The minimum absolute atomic E-state index is 0.181. The number of anilines is 1. The number of rotatable bonds is 2. The molecule has 0 aliphatic heterocycles. The number of imidazole rings is 1. The van der Waals surface area contributed by atoms with Gasteiger partial charge in [0.25, 0.3) is 0 Å². The molecule has 3 aromatic rings. The first-order valence-electron chi connectivity index (χ1n) is 5.85. The number of nitrogens with zero attached hydrogens (tertiary/aromatic N) is 5. The number of hydrogen-bond donors (Lipinski definition) is 1. The second kappa shape index (κ2) is 4.04. The Kier molecular flexibility index (Phi) is 2.48. The highest BCUT2D eigenvalue weighted by atomic mass is 19.1. The summed E-state index contributed by atoms with van der Waals surface area (Å²) in [6, 6.07) is 4.61. The Hall–Kier alpha value is -2.44. The Bertz CT molecular complexity index is 744. The minimum atomic E-state index is -0.381. The molecule has 2 heterocycles. The highest BCUT2D eigenvalue weighted by Gasteiger charge is 2.20. The van der Waals surface area contributed by atoms with E-state index in [1.165, 1.54) is 6.07 Å². The summed E-state index contributed by atoms with van der Waals surface area (Å²) < 4.78 is 17.3. The average molecular weight is 260 g/mol. The third-order valence-electron chi connectivity index (χ3n) is 3.21. The largest absolute Gasteiger partial charge is 0.369 e. The van der Waals surface area contributed by atoms with E-state index in [0.717, 1.165) is 5.82 Å². The number of fused-ring (bicyclic) bond motifs is 1. The molecule has 2 aromatic heterocycles. The molecule has 0 saturated heterocycles. The van der Waals surface area contributed by atoms with Crippen molar-refractivity contribution in [3.8, 4) is 0 Å². The van der Waals surface area contributed by atoms with Crippen molar-refractivity contribution in [3.63, 3.8) is 0 Å². The molecule has 19 heavy (non-hydrogen) atoms. The number of aryl methyl sites for hydroxylation is 1. The fourth-order valence-electron chi connectivity index (χ4n) is 2.29. The van der Waals surface area contributed by atoms with E-state index in [1.807, 2.05) is 14.0 Å². The number of hydrogen-bond acceptors (Lipinski definition) is 4. The molecule has 0 aliphatic carbocycles. The van der Waals surface area contributed by atoms with Crippen LogP contribution in [0.3, 0.4) is 0 Å². The number of nitrogens with two attached hydrogens (primary N) is 1. The molecule has 0 bridgehead atoms. The van der Waals surface area contributed by atoms with Gasteiger partial charge < -0.3 is 10.3 Å². The number of nitrogen functional groups attached to an aromatic ring is 1. The van der Waals surface area contributed by atoms with Gasteiger partial charge in [-0.2, -0.15) is 0 Å². The maximum absolute atomic E-state index is 13.7. The van der Waals surface area contributed by atoms with Crippen LogP contribution in [0.15, 0.2) is 24.5 Å². The van der Waals surface area contributed by atoms with Gasteiger partial charge >= 0.3 is 0 Å². The summed E-state index contributed by atoms with van der Waals surface area (Å²) in [5.41, 5.74) is 6.83. The molecule has 2 N–H and O–H groups in total. The van der Waals surface area contributed by atoms with Crippen molar-refractivity contribution >= 4 is 17.0 Å². The van der Waals surface area contributed by atoms with E-state index in [-0.39, 0.29) is 23.3 Å². The molecule has 0 fully saturated rings. The Labute approximate surface area is 108 Å². The summed E-state index contributed by atoms with van der Waals surface area (Å²) in [5, 5.41) is 7.90. The quantitative estimate of drug-likeness (QED) is 0.757. The van der Waals surface area contributed by atoms with Crippen LogP contribution < -0.4 is 5.73 Å². The first-order valence-corrected chi connectivity index (χ1v) is 5.85. The number of aromatic nitrogens is 5. The van der Waals surface area contributed by atoms with Crippen molar-refractivity contribution < 1.29 is 4.39 Å². The molecule has 0 amide bonds. The van der Waals surface area contributed by atoms with E-state index < -0.39 is 0 Å². The lowest BCUT2D eigenvalue weighted by Crippen LogP contribution is -2.14. The van der Waals surface area contributed by atoms with Gasteiger partial charge in [-0.15, -0.1) is 10.2 Å². The van der Waals surface area contributed by atoms with Crippen LogP contribution in [0.5, 0.6) is 0 Å². The van der Waals surface area contributed by atoms with E-state index in [0.29, 0.717) is 5.52 Å². The summed E-state index contributed by atoms with van der Waals surface area (Å²) in [5.74, 6) is 0.610. The van der Waals surface area contributed by atoms with Crippen molar-refractivity contribution in [1.29, 1.82) is 0 Å². The van der Waals surface area contributed by atoms with Crippen molar-refractivity contribution in [2.45, 2.75) is 13.0 Å². The SMILES string of the molecule is CC(c1nncn1C)n1c(N)nc2c(F)cccc21. The van der Waals surface area contributed by atoms with Gasteiger partial charge in [-0.25, -0.2) is 9.37 Å². The van der Waals surface area contributed by atoms with E-state index >= 15 is 0 Å². The summed E-state index contributed by atoms with van der Waals surface area (Å²) in [6.45, 7) is 1.92. The zero-order valence-corrected chi connectivity index (χ0v) is 10.6. The van der Waals surface area contributed by atoms with Crippen LogP contribution in [0.2, 0.25) is 0 Å². The average Bonchev–Trinajstić information content (AvgIpc) is 2.93. The standard InChI is InChI=1S/C12H13FN6/c1-7(11-17-15-6-18(11)2)19-9-5-3-4-8(13)10(9)16-12(19)14/h3-7H,1-2H3,(H2,14,16). The zero-order valence-electron chi connectivity index (χ0n) is 10.6. The summed E-state index contributed by atoms with van der Waals surface area (Å²) in [6.07, 6.45) is 1.61. The molecular weight excluding hydrogens is 247 g/mol. The molecule has 7 heteroatoms. The molecule has 1 atom stereocenters. The zero-order chi connectivity index (χ0) is 13.6.